The zero-order valence-corrected chi connectivity index (χ0v) is 8.97. The highest BCUT2D eigenvalue weighted by Crippen LogP contribution is 2.36. The molecule has 0 N–H and O–H groups in total. The predicted molar refractivity (Wildman–Crippen MR) is 57.3 cm³/mol. The Morgan fingerprint density at radius 2 is 2.40 bits per heavy atom. The second kappa shape index (κ2) is 4.29. The minimum Gasteiger partial charge on any atom is -0.472 e. The van der Waals surface area contributed by atoms with Gasteiger partial charge in [-0.2, -0.15) is 0 Å². The number of hydrogen-bond donors (Lipinski definition) is 0. The zero-order chi connectivity index (χ0) is 11.5. The molecule has 0 aromatic carbocycles. The molecule has 4 nitrogen and oxygen atoms in total. The van der Waals surface area contributed by atoms with Crippen LogP contribution >= 0.6 is 0 Å². The van der Waals surface area contributed by atoms with Crippen molar-refractivity contribution in [2.45, 2.75) is 19.8 Å². The molecule has 0 spiro atoms. The summed E-state index contributed by atoms with van der Waals surface area (Å²) in [4.78, 5) is 10.3. The monoisotopic (exact) mass is 209 g/mol. The van der Waals surface area contributed by atoms with Gasteiger partial charge in [-0.05, 0) is 11.5 Å². The minimum absolute atomic E-state index is 0.113. The van der Waals surface area contributed by atoms with Crippen LogP contribution in [-0.4, -0.2) is 11.5 Å². The number of hydrogen-bond acceptors (Lipinski definition) is 3. The van der Waals surface area contributed by atoms with Crippen LogP contribution in [0.25, 0.3) is 0 Å². The molecule has 0 unspecified atom stereocenters. The van der Waals surface area contributed by atoms with Crippen molar-refractivity contribution in [3.05, 3.63) is 46.9 Å². The number of nitro groups is 1. The highest BCUT2D eigenvalue weighted by atomic mass is 16.6. The van der Waals surface area contributed by atoms with Gasteiger partial charge in [0.25, 0.3) is 0 Å². The van der Waals surface area contributed by atoms with Crippen LogP contribution in [0.3, 0.4) is 0 Å². The lowest BCUT2D eigenvalue weighted by Gasteiger charge is -2.27. The summed E-state index contributed by atoms with van der Waals surface area (Å²) >= 11 is 0. The molecule has 4 heteroatoms. The molecule has 0 radical (unpaired) electrons. The second-order valence-electron chi connectivity index (χ2n) is 4.15. The van der Waals surface area contributed by atoms with E-state index >= 15 is 0 Å². The van der Waals surface area contributed by atoms with Gasteiger partial charge in [-0.15, -0.1) is 6.58 Å². The molecule has 1 atom stereocenters. The summed E-state index contributed by atoms with van der Waals surface area (Å²) < 4.78 is 4.96. The molecular formula is C11H15NO3. The first kappa shape index (κ1) is 11.5. The first-order valence-electron chi connectivity index (χ1n) is 4.75. The van der Waals surface area contributed by atoms with Crippen LogP contribution in [0.15, 0.2) is 35.7 Å². The van der Waals surface area contributed by atoms with E-state index in [2.05, 4.69) is 6.58 Å². The molecule has 0 bridgehead atoms. The van der Waals surface area contributed by atoms with Crippen LogP contribution in [0.4, 0.5) is 0 Å². The van der Waals surface area contributed by atoms with Crippen molar-refractivity contribution < 1.29 is 9.34 Å². The van der Waals surface area contributed by atoms with E-state index in [0.717, 1.165) is 5.56 Å². The van der Waals surface area contributed by atoms with Crippen LogP contribution in [0.5, 0.6) is 0 Å². The van der Waals surface area contributed by atoms with Gasteiger partial charge in [-0.25, -0.2) is 0 Å². The third-order valence-corrected chi connectivity index (χ3v) is 2.70. The molecule has 0 aliphatic rings. The van der Waals surface area contributed by atoms with E-state index in [4.69, 9.17) is 4.42 Å². The predicted octanol–water partition coefficient (Wildman–Crippen LogP) is 2.85. The fraction of sp³-hybridized carbons (Fsp3) is 0.455. The Balaban J connectivity index is 2.98. The van der Waals surface area contributed by atoms with Crippen LogP contribution in [0, 0.1) is 15.5 Å². The Bertz CT molecular complexity index is 341. The van der Waals surface area contributed by atoms with Gasteiger partial charge in [0, 0.05) is 10.5 Å². The third kappa shape index (κ3) is 2.68. The fourth-order valence-corrected chi connectivity index (χ4v) is 1.53. The Kier molecular flexibility index (Phi) is 3.29. The largest absolute Gasteiger partial charge is 0.472 e. The summed E-state index contributed by atoms with van der Waals surface area (Å²) in [6.45, 7) is 7.47. The van der Waals surface area contributed by atoms with Crippen molar-refractivity contribution in [2.24, 2.45) is 5.41 Å². The van der Waals surface area contributed by atoms with E-state index in [1.54, 1.807) is 18.4 Å². The van der Waals surface area contributed by atoms with Gasteiger partial charge in [0.2, 0.25) is 6.54 Å². The molecular weight excluding hydrogens is 194 g/mol. The lowest BCUT2D eigenvalue weighted by Crippen LogP contribution is -2.26. The van der Waals surface area contributed by atoms with Crippen molar-refractivity contribution >= 4 is 0 Å². The lowest BCUT2D eigenvalue weighted by atomic mass is 9.76. The highest BCUT2D eigenvalue weighted by molar-refractivity contribution is 5.18. The van der Waals surface area contributed by atoms with E-state index < -0.39 is 0 Å². The van der Waals surface area contributed by atoms with Gasteiger partial charge in [-0.3, -0.25) is 10.1 Å². The molecule has 1 rings (SSSR count). The molecule has 0 aliphatic heterocycles. The van der Waals surface area contributed by atoms with Gasteiger partial charge < -0.3 is 4.42 Å². The van der Waals surface area contributed by atoms with Crippen molar-refractivity contribution in [2.75, 3.05) is 6.54 Å². The quantitative estimate of drug-likeness (QED) is 0.425. The number of furan rings is 1. The van der Waals surface area contributed by atoms with Gasteiger partial charge >= 0.3 is 0 Å². The van der Waals surface area contributed by atoms with Crippen LogP contribution in [0.1, 0.15) is 25.3 Å². The smallest absolute Gasteiger partial charge is 0.211 e. The third-order valence-electron chi connectivity index (χ3n) is 2.70. The zero-order valence-electron chi connectivity index (χ0n) is 8.97. The second-order valence-corrected chi connectivity index (χ2v) is 4.15. The van der Waals surface area contributed by atoms with Crippen LogP contribution in [0.2, 0.25) is 0 Å². The minimum atomic E-state index is -0.322. The van der Waals surface area contributed by atoms with E-state index in [9.17, 15) is 10.1 Å². The maximum atomic E-state index is 10.6. The average molecular weight is 209 g/mol. The summed E-state index contributed by atoms with van der Waals surface area (Å²) in [6.07, 6.45) is 4.83. The summed E-state index contributed by atoms with van der Waals surface area (Å²) in [5, 5.41) is 10.6. The molecule has 1 heterocycles. The van der Waals surface area contributed by atoms with E-state index in [1.165, 1.54) is 6.26 Å². The molecule has 15 heavy (non-hydrogen) atoms. The molecule has 82 valence electrons. The SMILES string of the molecule is C=CC(C)(C)[C@@H](C[N+](=O)[O-])c1ccoc1. The Hall–Kier alpha value is -1.58. The Morgan fingerprint density at radius 3 is 2.80 bits per heavy atom. The molecule has 0 aliphatic carbocycles. The fourth-order valence-electron chi connectivity index (χ4n) is 1.53. The van der Waals surface area contributed by atoms with Gasteiger partial charge in [0.05, 0.1) is 18.4 Å². The molecule has 0 saturated heterocycles. The first-order valence-corrected chi connectivity index (χ1v) is 4.75. The highest BCUT2D eigenvalue weighted by Gasteiger charge is 2.32. The maximum Gasteiger partial charge on any atom is 0.211 e. The van der Waals surface area contributed by atoms with Crippen LogP contribution in [-0.2, 0) is 0 Å². The number of rotatable bonds is 5. The average Bonchev–Trinajstić information content (AvgIpc) is 2.66. The summed E-state index contributed by atoms with van der Waals surface area (Å²) in [5.41, 5.74) is 0.522. The molecule has 0 saturated carbocycles. The maximum absolute atomic E-state index is 10.6. The molecule has 0 fully saturated rings. The van der Waals surface area contributed by atoms with Crippen molar-refractivity contribution in [3.63, 3.8) is 0 Å². The standard InChI is InChI=1S/C11H15NO3/c1-4-11(2,3)10(7-12(13)14)9-5-6-15-8-9/h4-6,8,10H,1,7H2,2-3H3/t10-/m0/s1. The normalized spacial score (nSPS) is 13.5. The number of nitrogens with zero attached hydrogens (tertiary/aromatic N) is 1. The van der Waals surface area contributed by atoms with Crippen LogP contribution < -0.4 is 0 Å². The van der Waals surface area contributed by atoms with Gasteiger partial charge in [0.1, 0.15) is 0 Å². The molecule has 1 aromatic heterocycles. The van der Waals surface area contributed by atoms with E-state index in [0.29, 0.717) is 0 Å². The van der Waals surface area contributed by atoms with E-state index in [1.807, 2.05) is 13.8 Å². The first-order chi connectivity index (χ1) is 6.97. The van der Waals surface area contributed by atoms with Crippen molar-refractivity contribution in [1.29, 1.82) is 0 Å². The van der Waals surface area contributed by atoms with Gasteiger partial charge in [-0.1, -0.05) is 19.9 Å². The van der Waals surface area contributed by atoms with E-state index in [-0.39, 0.29) is 22.8 Å². The van der Waals surface area contributed by atoms with Crippen molar-refractivity contribution in [1.82, 2.24) is 0 Å². The topological polar surface area (TPSA) is 56.3 Å². The Labute approximate surface area is 88.7 Å². The van der Waals surface area contributed by atoms with Gasteiger partial charge in [0.15, 0.2) is 0 Å². The summed E-state index contributed by atoms with van der Waals surface area (Å²) in [7, 11) is 0. The lowest BCUT2D eigenvalue weighted by molar-refractivity contribution is -0.485. The summed E-state index contributed by atoms with van der Waals surface area (Å²) in [5.74, 6) is -0.205. The molecule has 0 amide bonds. The van der Waals surface area contributed by atoms with Crippen molar-refractivity contribution in [3.8, 4) is 0 Å². The molecule has 1 aromatic rings. The Morgan fingerprint density at radius 1 is 1.73 bits per heavy atom. The summed E-state index contributed by atoms with van der Waals surface area (Å²) in [6, 6.07) is 1.76. The number of allylic oxidation sites excluding steroid dienone is 1.